The van der Waals surface area contributed by atoms with Gasteiger partial charge in [0.1, 0.15) is 0 Å². The summed E-state index contributed by atoms with van der Waals surface area (Å²) in [4.78, 5) is 14.1. The van der Waals surface area contributed by atoms with Crippen LogP contribution >= 0.6 is 0 Å². The summed E-state index contributed by atoms with van der Waals surface area (Å²) in [5.74, 6) is -0.0630. The van der Waals surface area contributed by atoms with Crippen molar-refractivity contribution in [2.75, 3.05) is 24.7 Å². The number of nitrogen functional groups attached to an aromatic ring is 1. The van der Waals surface area contributed by atoms with Crippen LogP contribution in [0.4, 0.5) is 11.4 Å². The van der Waals surface area contributed by atoms with Crippen molar-refractivity contribution in [3.63, 3.8) is 0 Å². The molecule has 100 valence electrons. The maximum absolute atomic E-state index is 12.2. The normalized spacial score (nSPS) is 12.0. The van der Waals surface area contributed by atoms with Crippen LogP contribution in [0, 0.1) is 0 Å². The van der Waals surface area contributed by atoms with Crippen molar-refractivity contribution in [1.29, 1.82) is 0 Å². The van der Waals surface area contributed by atoms with E-state index in [0.717, 1.165) is 18.5 Å². The van der Waals surface area contributed by atoms with E-state index >= 15 is 0 Å². The third-order valence-electron chi connectivity index (χ3n) is 2.85. The van der Waals surface area contributed by atoms with Gasteiger partial charge < -0.3 is 16.0 Å². The van der Waals surface area contributed by atoms with Gasteiger partial charge in [-0.25, -0.2) is 0 Å². The summed E-state index contributed by atoms with van der Waals surface area (Å²) in [5.41, 5.74) is 7.87. The second-order valence-corrected chi connectivity index (χ2v) is 4.83. The fraction of sp³-hybridized carbons (Fsp3) is 0.500. The Morgan fingerprint density at radius 2 is 2.11 bits per heavy atom. The van der Waals surface area contributed by atoms with E-state index in [-0.39, 0.29) is 11.9 Å². The van der Waals surface area contributed by atoms with Crippen LogP contribution in [0.1, 0.15) is 37.0 Å². The lowest BCUT2D eigenvalue weighted by Crippen LogP contribution is -2.33. The topological polar surface area (TPSA) is 58.4 Å². The minimum atomic E-state index is -0.0630. The molecule has 0 saturated carbocycles. The van der Waals surface area contributed by atoms with Crippen LogP contribution in [0.5, 0.6) is 0 Å². The molecule has 0 spiro atoms. The third kappa shape index (κ3) is 3.65. The predicted molar refractivity (Wildman–Crippen MR) is 77.0 cm³/mol. The van der Waals surface area contributed by atoms with Crippen molar-refractivity contribution >= 4 is 17.3 Å². The second kappa shape index (κ2) is 6.28. The summed E-state index contributed by atoms with van der Waals surface area (Å²) in [6, 6.07) is 5.58. The first-order valence-electron chi connectivity index (χ1n) is 6.33. The SMILES string of the molecule is CCCC(C)NC(=O)c1cc(N)ccc1N(C)C. The van der Waals surface area contributed by atoms with Gasteiger partial charge in [0.15, 0.2) is 0 Å². The molecule has 3 N–H and O–H groups in total. The lowest BCUT2D eigenvalue weighted by Gasteiger charge is -2.19. The summed E-state index contributed by atoms with van der Waals surface area (Å²) in [5, 5.41) is 3.00. The monoisotopic (exact) mass is 249 g/mol. The number of anilines is 2. The van der Waals surface area contributed by atoms with Crippen LogP contribution < -0.4 is 16.0 Å². The Morgan fingerprint density at radius 1 is 1.44 bits per heavy atom. The summed E-state index contributed by atoms with van der Waals surface area (Å²) >= 11 is 0. The van der Waals surface area contributed by atoms with Gasteiger partial charge in [0, 0.05) is 31.5 Å². The number of nitrogens with one attached hydrogen (secondary N) is 1. The predicted octanol–water partition coefficient (Wildman–Crippen LogP) is 2.25. The fourth-order valence-electron chi connectivity index (χ4n) is 1.93. The average molecular weight is 249 g/mol. The first kappa shape index (κ1) is 14.4. The molecule has 18 heavy (non-hydrogen) atoms. The van der Waals surface area contributed by atoms with Crippen molar-refractivity contribution in [2.24, 2.45) is 0 Å². The molecule has 1 unspecified atom stereocenters. The van der Waals surface area contributed by atoms with Crippen LogP contribution in [0.2, 0.25) is 0 Å². The highest BCUT2D eigenvalue weighted by Gasteiger charge is 2.15. The zero-order chi connectivity index (χ0) is 13.7. The third-order valence-corrected chi connectivity index (χ3v) is 2.85. The molecule has 1 rings (SSSR count). The van der Waals surface area contributed by atoms with Gasteiger partial charge in [0.25, 0.3) is 5.91 Å². The molecule has 0 heterocycles. The second-order valence-electron chi connectivity index (χ2n) is 4.83. The maximum Gasteiger partial charge on any atom is 0.253 e. The molecule has 0 saturated heterocycles. The fourth-order valence-corrected chi connectivity index (χ4v) is 1.93. The van der Waals surface area contributed by atoms with Crippen molar-refractivity contribution in [3.05, 3.63) is 23.8 Å². The Kier molecular flexibility index (Phi) is 5.01. The van der Waals surface area contributed by atoms with Crippen LogP contribution in [-0.4, -0.2) is 26.0 Å². The van der Waals surface area contributed by atoms with Crippen LogP contribution in [0.15, 0.2) is 18.2 Å². The number of amides is 1. The number of nitrogens with two attached hydrogens (primary N) is 1. The summed E-state index contributed by atoms with van der Waals surface area (Å²) in [7, 11) is 3.83. The lowest BCUT2D eigenvalue weighted by molar-refractivity contribution is 0.0939. The van der Waals surface area contributed by atoms with Gasteiger partial charge in [0.2, 0.25) is 0 Å². The zero-order valence-electron chi connectivity index (χ0n) is 11.7. The Labute approximate surface area is 109 Å². The van der Waals surface area contributed by atoms with Gasteiger partial charge in [-0.3, -0.25) is 4.79 Å². The van der Waals surface area contributed by atoms with Crippen LogP contribution in [0.25, 0.3) is 0 Å². The molecule has 1 aromatic rings. The highest BCUT2D eigenvalue weighted by atomic mass is 16.1. The smallest absolute Gasteiger partial charge is 0.253 e. The van der Waals surface area contributed by atoms with Crippen molar-refractivity contribution in [2.45, 2.75) is 32.7 Å². The summed E-state index contributed by atoms with van der Waals surface area (Å²) in [6.45, 7) is 4.12. The Hall–Kier alpha value is -1.71. The molecule has 0 fully saturated rings. The molecular weight excluding hydrogens is 226 g/mol. The number of rotatable bonds is 5. The lowest BCUT2D eigenvalue weighted by atomic mass is 10.1. The molecule has 0 aliphatic carbocycles. The first-order chi connectivity index (χ1) is 8.45. The quantitative estimate of drug-likeness (QED) is 0.787. The van der Waals surface area contributed by atoms with Crippen molar-refractivity contribution in [1.82, 2.24) is 5.32 Å². The number of hydrogen-bond acceptors (Lipinski definition) is 3. The van der Waals surface area contributed by atoms with Crippen LogP contribution in [-0.2, 0) is 0 Å². The minimum Gasteiger partial charge on any atom is -0.399 e. The molecule has 0 aliphatic rings. The molecule has 1 atom stereocenters. The highest BCUT2D eigenvalue weighted by molar-refractivity contribution is 6.00. The van der Waals surface area contributed by atoms with Crippen molar-refractivity contribution < 1.29 is 4.79 Å². The molecule has 1 amide bonds. The van der Waals surface area contributed by atoms with E-state index in [0.29, 0.717) is 11.3 Å². The highest BCUT2D eigenvalue weighted by Crippen LogP contribution is 2.21. The standard InChI is InChI=1S/C14H23N3O/c1-5-6-10(2)16-14(18)12-9-11(15)7-8-13(12)17(3)4/h7-10H,5-6,15H2,1-4H3,(H,16,18). The Morgan fingerprint density at radius 3 is 2.67 bits per heavy atom. The molecule has 0 aliphatic heterocycles. The van der Waals surface area contributed by atoms with E-state index in [1.165, 1.54) is 0 Å². The van der Waals surface area contributed by atoms with Gasteiger partial charge in [-0.15, -0.1) is 0 Å². The van der Waals surface area contributed by atoms with E-state index in [4.69, 9.17) is 5.73 Å². The van der Waals surface area contributed by atoms with Gasteiger partial charge in [-0.05, 0) is 31.5 Å². The number of benzene rings is 1. The average Bonchev–Trinajstić information content (AvgIpc) is 2.28. The molecule has 4 nitrogen and oxygen atoms in total. The summed E-state index contributed by atoms with van der Waals surface area (Å²) < 4.78 is 0. The van der Waals surface area contributed by atoms with Gasteiger partial charge in [0.05, 0.1) is 5.56 Å². The number of nitrogens with zero attached hydrogens (tertiary/aromatic N) is 1. The number of carbonyl (C=O) groups excluding carboxylic acids is 1. The van der Waals surface area contributed by atoms with Crippen molar-refractivity contribution in [3.8, 4) is 0 Å². The van der Waals surface area contributed by atoms with E-state index in [2.05, 4.69) is 12.2 Å². The minimum absolute atomic E-state index is 0.0630. The molecule has 0 aromatic heterocycles. The van der Waals surface area contributed by atoms with Gasteiger partial charge in [-0.1, -0.05) is 13.3 Å². The number of hydrogen-bond donors (Lipinski definition) is 2. The largest absolute Gasteiger partial charge is 0.399 e. The molecular formula is C14H23N3O. The summed E-state index contributed by atoms with van der Waals surface area (Å²) in [6.07, 6.45) is 2.03. The maximum atomic E-state index is 12.2. The Balaban J connectivity index is 2.93. The zero-order valence-corrected chi connectivity index (χ0v) is 11.7. The van der Waals surface area contributed by atoms with E-state index in [9.17, 15) is 4.79 Å². The van der Waals surface area contributed by atoms with E-state index in [1.54, 1.807) is 6.07 Å². The van der Waals surface area contributed by atoms with Gasteiger partial charge in [-0.2, -0.15) is 0 Å². The molecule has 1 aromatic carbocycles. The molecule has 0 radical (unpaired) electrons. The van der Waals surface area contributed by atoms with Gasteiger partial charge >= 0.3 is 0 Å². The molecule has 4 heteroatoms. The molecule has 0 bridgehead atoms. The first-order valence-corrected chi connectivity index (χ1v) is 6.33. The van der Waals surface area contributed by atoms with Crippen LogP contribution in [0.3, 0.4) is 0 Å². The van der Waals surface area contributed by atoms with E-state index in [1.807, 2.05) is 38.1 Å². The Bertz CT molecular complexity index is 416. The van der Waals surface area contributed by atoms with E-state index < -0.39 is 0 Å². The number of carbonyl (C=O) groups is 1.